The van der Waals surface area contributed by atoms with Crippen LogP contribution in [0, 0.1) is 5.92 Å². The Morgan fingerprint density at radius 3 is 2.42 bits per heavy atom. The van der Waals surface area contributed by atoms with Crippen LogP contribution in [-0.2, 0) is 9.59 Å². The first kappa shape index (κ1) is 13.7. The maximum Gasteiger partial charge on any atom is 0.235 e. The van der Waals surface area contributed by atoms with Gasteiger partial charge in [-0.1, -0.05) is 23.8 Å². The number of rotatable bonds is 4. The van der Waals surface area contributed by atoms with E-state index in [0.717, 1.165) is 38.5 Å². The lowest BCUT2D eigenvalue weighted by atomic mass is 9.81. The molecule has 0 bridgehead atoms. The number of aliphatic imine (C=N–C) groups is 2. The third kappa shape index (κ3) is 4.13. The zero-order valence-electron chi connectivity index (χ0n) is 10.9. The van der Waals surface area contributed by atoms with E-state index < -0.39 is 0 Å². The van der Waals surface area contributed by atoms with E-state index in [1.54, 1.807) is 12.2 Å². The van der Waals surface area contributed by atoms with Gasteiger partial charge in [0.05, 0.1) is 12.1 Å². The second-order valence-electron chi connectivity index (χ2n) is 5.26. The Morgan fingerprint density at radius 2 is 1.84 bits per heavy atom. The summed E-state index contributed by atoms with van der Waals surface area (Å²) in [5.41, 5.74) is 1.33. The minimum atomic E-state index is -0.0288. The Labute approximate surface area is 113 Å². The van der Waals surface area contributed by atoms with Crippen molar-refractivity contribution in [2.24, 2.45) is 15.9 Å². The van der Waals surface area contributed by atoms with Crippen molar-refractivity contribution in [1.29, 1.82) is 0 Å². The van der Waals surface area contributed by atoms with Gasteiger partial charge in [-0.3, -0.25) is 0 Å². The van der Waals surface area contributed by atoms with Gasteiger partial charge in [0.15, 0.2) is 0 Å². The highest BCUT2D eigenvalue weighted by Gasteiger charge is 2.21. The van der Waals surface area contributed by atoms with E-state index in [0.29, 0.717) is 5.92 Å². The Morgan fingerprint density at radius 1 is 1.11 bits per heavy atom. The predicted octanol–water partition coefficient (Wildman–Crippen LogP) is 2.86. The Bertz CT molecular complexity index is 461. The first-order valence-electron chi connectivity index (χ1n) is 6.83. The molecule has 2 rings (SSSR count). The highest BCUT2D eigenvalue weighted by molar-refractivity contribution is 5.36. The molecule has 2 aliphatic carbocycles. The molecule has 0 aromatic rings. The highest BCUT2D eigenvalue weighted by atomic mass is 16.1. The fourth-order valence-corrected chi connectivity index (χ4v) is 2.85. The van der Waals surface area contributed by atoms with Crippen molar-refractivity contribution in [2.45, 2.75) is 50.6 Å². The van der Waals surface area contributed by atoms with Crippen LogP contribution in [0.25, 0.3) is 0 Å². The number of isocyanates is 2. The average Bonchev–Trinajstić information content (AvgIpc) is 2.44. The van der Waals surface area contributed by atoms with Crippen LogP contribution < -0.4 is 0 Å². The summed E-state index contributed by atoms with van der Waals surface area (Å²) in [5.74, 6) is 0.681. The van der Waals surface area contributed by atoms with Crippen molar-refractivity contribution in [3.8, 4) is 0 Å². The molecule has 0 spiro atoms. The lowest BCUT2D eigenvalue weighted by Gasteiger charge is -2.26. The van der Waals surface area contributed by atoms with Crippen LogP contribution in [-0.4, -0.2) is 24.2 Å². The minimum Gasteiger partial charge on any atom is -0.211 e. The molecular weight excluding hydrogens is 240 g/mol. The standard InChI is InChI=1S/C15H18N2O2/c18-10-16-14-5-1-12(2-6-14)9-13-3-7-15(8-4-13)17-11-19/h1-2,5,13-15H,3-4,6-9H2. The second kappa shape index (κ2) is 6.98. The summed E-state index contributed by atoms with van der Waals surface area (Å²) in [7, 11) is 0. The third-order valence-electron chi connectivity index (χ3n) is 3.95. The van der Waals surface area contributed by atoms with Crippen molar-refractivity contribution in [2.75, 3.05) is 0 Å². The molecule has 4 nitrogen and oxygen atoms in total. The van der Waals surface area contributed by atoms with Crippen LogP contribution >= 0.6 is 0 Å². The van der Waals surface area contributed by atoms with Crippen molar-refractivity contribution >= 4 is 12.2 Å². The predicted molar refractivity (Wildman–Crippen MR) is 72.2 cm³/mol. The zero-order valence-corrected chi connectivity index (χ0v) is 10.9. The number of nitrogens with zero attached hydrogens (tertiary/aromatic N) is 2. The van der Waals surface area contributed by atoms with E-state index in [2.05, 4.69) is 22.1 Å². The van der Waals surface area contributed by atoms with E-state index in [-0.39, 0.29) is 12.1 Å². The summed E-state index contributed by atoms with van der Waals surface area (Å²) in [6.07, 6.45) is 15.6. The molecule has 0 aliphatic heterocycles. The van der Waals surface area contributed by atoms with Gasteiger partial charge in [-0.2, -0.15) is 4.99 Å². The summed E-state index contributed by atoms with van der Waals surface area (Å²) in [5, 5.41) is 0. The van der Waals surface area contributed by atoms with E-state index in [1.165, 1.54) is 5.57 Å². The second-order valence-corrected chi connectivity index (χ2v) is 5.26. The van der Waals surface area contributed by atoms with Gasteiger partial charge in [0.1, 0.15) is 0 Å². The lowest BCUT2D eigenvalue weighted by molar-refractivity contribution is 0.326. The summed E-state index contributed by atoms with van der Waals surface area (Å²) < 4.78 is 0. The molecule has 1 unspecified atom stereocenters. The van der Waals surface area contributed by atoms with E-state index >= 15 is 0 Å². The summed E-state index contributed by atoms with van der Waals surface area (Å²) in [6, 6.07) is 0.162. The SMILES string of the molecule is O=C=NC1C=CC(CC2CCC(N=C=O)CC2)=CC1. The van der Waals surface area contributed by atoms with E-state index in [4.69, 9.17) is 0 Å². The number of hydrogen-bond donors (Lipinski definition) is 0. The topological polar surface area (TPSA) is 58.9 Å². The molecule has 0 aromatic carbocycles. The summed E-state index contributed by atoms with van der Waals surface area (Å²) in [6.45, 7) is 0. The highest BCUT2D eigenvalue weighted by Crippen LogP contribution is 2.32. The molecule has 1 atom stereocenters. The molecule has 19 heavy (non-hydrogen) atoms. The van der Waals surface area contributed by atoms with Gasteiger partial charge >= 0.3 is 0 Å². The van der Waals surface area contributed by atoms with Crippen LogP contribution in [0.15, 0.2) is 33.8 Å². The molecule has 0 amide bonds. The Balaban J connectivity index is 1.79. The smallest absolute Gasteiger partial charge is 0.211 e. The molecule has 4 heteroatoms. The van der Waals surface area contributed by atoms with Crippen LogP contribution in [0.1, 0.15) is 38.5 Å². The van der Waals surface area contributed by atoms with Crippen LogP contribution in [0.2, 0.25) is 0 Å². The quantitative estimate of drug-likeness (QED) is 0.575. The summed E-state index contributed by atoms with van der Waals surface area (Å²) in [4.78, 5) is 27.9. The molecule has 0 aromatic heterocycles. The van der Waals surface area contributed by atoms with Gasteiger partial charge in [0.2, 0.25) is 12.2 Å². The fraction of sp³-hybridized carbons (Fsp3) is 0.600. The monoisotopic (exact) mass is 258 g/mol. The van der Waals surface area contributed by atoms with E-state index in [9.17, 15) is 9.59 Å². The third-order valence-corrected chi connectivity index (χ3v) is 3.95. The Kier molecular flexibility index (Phi) is 5.02. The van der Waals surface area contributed by atoms with Gasteiger partial charge < -0.3 is 0 Å². The zero-order chi connectivity index (χ0) is 13.5. The maximum atomic E-state index is 10.2. The lowest BCUT2D eigenvalue weighted by Crippen LogP contribution is -2.17. The fourth-order valence-electron chi connectivity index (χ4n) is 2.85. The maximum absolute atomic E-state index is 10.2. The van der Waals surface area contributed by atoms with Gasteiger partial charge in [0.25, 0.3) is 0 Å². The van der Waals surface area contributed by atoms with Crippen molar-refractivity contribution < 1.29 is 9.59 Å². The molecule has 1 saturated carbocycles. The van der Waals surface area contributed by atoms with Gasteiger partial charge in [-0.05, 0) is 44.4 Å². The molecule has 0 radical (unpaired) electrons. The average molecular weight is 258 g/mol. The Hall–Kier alpha value is -1.76. The van der Waals surface area contributed by atoms with Crippen molar-refractivity contribution in [3.63, 3.8) is 0 Å². The largest absolute Gasteiger partial charge is 0.235 e. The van der Waals surface area contributed by atoms with E-state index in [1.807, 2.05) is 6.08 Å². The van der Waals surface area contributed by atoms with Gasteiger partial charge in [-0.25, -0.2) is 14.6 Å². The first-order chi connectivity index (χ1) is 9.31. The van der Waals surface area contributed by atoms with Crippen molar-refractivity contribution in [3.05, 3.63) is 23.8 Å². The molecule has 0 N–H and O–H groups in total. The molecule has 0 heterocycles. The molecule has 1 fully saturated rings. The van der Waals surface area contributed by atoms with Crippen LogP contribution in [0.4, 0.5) is 0 Å². The minimum absolute atomic E-state index is 0.0288. The molecular formula is C15H18N2O2. The number of carbonyl (C=O) groups excluding carboxylic acids is 2. The number of allylic oxidation sites excluding steroid dienone is 2. The van der Waals surface area contributed by atoms with Crippen LogP contribution in [0.3, 0.4) is 0 Å². The molecule has 2 aliphatic rings. The van der Waals surface area contributed by atoms with Crippen LogP contribution in [0.5, 0.6) is 0 Å². The first-order valence-corrected chi connectivity index (χ1v) is 6.83. The molecule has 0 saturated heterocycles. The summed E-state index contributed by atoms with van der Waals surface area (Å²) >= 11 is 0. The van der Waals surface area contributed by atoms with Gasteiger partial charge in [-0.15, -0.1) is 0 Å². The van der Waals surface area contributed by atoms with Gasteiger partial charge in [0, 0.05) is 0 Å². The van der Waals surface area contributed by atoms with Crippen molar-refractivity contribution in [1.82, 2.24) is 0 Å². The molecule has 100 valence electrons. The number of hydrogen-bond acceptors (Lipinski definition) is 4. The normalized spacial score (nSPS) is 29.9.